The lowest BCUT2D eigenvalue weighted by Gasteiger charge is -2.33. The van der Waals surface area contributed by atoms with Crippen LogP contribution in [0.2, 0.25) is 0 Å². The first-order valence-corrected chi connectivity index (χ1v) is 14.8. The number of aromatic amines is 1. The van der Waals surface area contributed by atoms with Gasteiger partial charge in [0.1, 0.15) is 29.2 Å². The van der Waals surface area contributed by atoms with Crippen LogP contribution in [0.1, 0.15) is 37.8 Å². The van der Waals surface area contributed by atoms with Gasteiger partial charge < -0.3 is 31.6 Å². The number of nitrogens with zero attached hydrogens (tertiary/aromatic N) is 2. The highest BCUT2D eigenvalue weighted by Gasteiger charge is 2.41. The van der Waals surface area contributed by atoms with E-state index in [1.165, 1.54) is 11.0 Å². The zero-order valence-electron chi connectivity index (χ0n) is 23.4. The number of rotatable bonds is 7. The number of primary sulfonamides is 1. The molecule has 1 aliphatic rings. The summed E-state index contributed by atoms with van der Waals surface area (Å²) < 4.78 is 24.3. The summed E-state index contributed by atoms with van der Waals surface area (Å²) in [6.45, 7) is 3.65. The van der Waals surface area contributed by atoms with Crippen molar-refractivity contribution in [2.75, 3.05) is 6.54 Å². The first-order chi connectivity index (χ1) is 20.1. The Hall–Kier alpha value is -4.95. The van der Waals surface area contributed by atoms with E-state index in [-0.39, 0.29) is 50.7 Å². The number of imidazole rings is 1. The molecular weight excluding hydrogens is 574 g/mol. The van der Waals surface area contributed by atoms with Crippen LogP contribution in [0.25, 0.3) is 33.5 Å². The lowest BCUT2D eigenvalue weighted by atomic mass is 9.80. The number of carbonyl (C=O) groups is 2. The van der Waals surface area contributed by atoms with Crippen molar-refractivity contribution in [3.05, 3.63) is 59.7 Å². The van der Waals surface area contributed by atoms with Crippen LogP contribution in [-0.4, -0.2) is 63.7 Å². The van der Waals surface area contributed by atoms with Crippen LogP contribution in [0.5, 0.6) is 11.5 Å². The molecule has 0 radical (unpaired) electrons. The molecule has 14 heteroatoms. The Balaban J connectivity index is 1.75. The van der Waals surface area contributed by atoms with Crippen molar-refractivity contribution < 1.29 is 28.2 Å². The minimum Gasteiger partial charge on any atom is -0.507 e. The molecule has 43 heavy (non-hydrogen) atoms. The highest BCUT2D eigenvalue weighted by Crippen LogP contribution is 2.45. The molecule has 0 bridgehead atoms. The third kappa shape index (κ3) is 5.26. The highest BCUT2D eigenvalue weighted by atomic mass is 32.2. The van der Waals surface area contributed by atoms with Gasteiger partial charge in [0.25, 0.3) is 0 Å². The average Bonchev–Trinajstić information content (AvgIpc) is 3.59. The summed E-state index contributed by atoms with van der Waals surface area (Å²) in [5.41, 5.74) is 11.9. The van der Waals surface area contributed by atoms with Crippen LogP contribution < -0.4 is 16.6 Å². The van der Waals surface area contributed by atoms with Crippen molar-refractivity contribution in [3.8, 4) is 34.0 Å². The van der Waals surface area contributed by atoms with Crippen LogP contribution in [0.15, 0.2) is 53.4 Å². The number of carbonyl (C=O) groups excluding carboxylic acids is 2. The molecule has 0 spiro atoms. The van der Waals surface area contributed by atoms with Crippen LogP contribution in [0.3, 0.4) is 0 Å². The molecule has 1 atom stereocenters. The molecule has 2 heterocycles. The SMILES string of the molecule is CC(C)(C(=O)N1CCCC1C(N)=O)c1cc(-c2nc3ccc(C(=N)N)cc3[nH]2)c(O)c(-c2cc(S(N)(=O)=O)ccc2O)c1. The number of sulfonamides is 1. The summed E-state index contributed by atoms with van der Waals surface area (Å²) in [5, 5.41) is 35.4. The molecule has 1 unspecified atom stereocenters. The number of nitrogens with one attached hydrogen (secondary N) is 2. The van der Waals surface area contributed by atoms with E-state index in [0.29, 0.717) is 41.5 Å². The smallest absolute Gasteiger partial charge is 0.240 e. The number of amidine groups is 1. The van der Waals surface area contributed by atoms with Crippen LogP contribution in [-0.2, 0) is 25.0 Å². The van der Waals surface area contributed by atoms with Gasteiger partial charge in [-0.2, -0.15) is 0 Å². The number of primary amides is 1. The molecule has 1 aliphatic heterocycles. The minimum absolute atomic E-state index is 0.00845. The Bertz CT molecular complexity index is 1930. The maximum absolute atomic E-state index is 13.9. The molecule has 3 aromatic carbocycles. The molecule has 10 N–H and O–H groups in total. The molecular formula is C29H31N7O6S. The predicted octanol–water partition coefficient (Wildman–Crippen LogP) is 1.99. The van der Waals surface area contributed by atoms with Gasteiger partial charge in [-0.15, -0.1) is 0 Å². The lowest BCUT2D eigenvalue weighted by Crippen LogP contribution is -2.50. The summed E-state index contributed by atoms with van der Waals surface area (Å²) >= 11 is 0. The molecule has 2 amide bonds. The molecule has 1 fully saturated rings. The lowest BCUT2D eigenvalue weighted by molar-refractivity contribution is -0.141. The molecule has 1 aromatic heterocycles. The van der Waals surface area contributed by atoms with Crippen molar-refractivity contribution >= 4 is 38.7 Å². The number of amides is 2. The van der Waals surface area contributed by atoms with E-state index in [0.717, 1.165) is 18.2 Å². The van der Waals surface area contributed by atoms with E-state index in [2.05, 4.69) is 9.97 Å². The van der Waals surface area contributed by atoms with E-state index in [1.54, 1.807) is 38.1 Å². The fraction of sp³-hybridized carbons (Fsp3) is 0.241. The van der Waals surface area contributed by atoms with Crippen molar-refractivity contribution in [2.24, 2.45) is 16.6 Å². The van der Waals surface area contributed by atoms with E-state index in [4.69, 9.17) is 22.0 Å². The predicted molar refractivity (Wildman–Crippen MR) is 160 cm³/mol. The molecule has 13 nitrogen and oxygen atoms in total. The second kappa shape index (κ2) is 10.4. The van der Waals surface area contributed by atoms with Crippen LogP contribution in [0, 0.1) is 5.41 Å². The highest BCUT2D eigenvalue weighted by molar-refractivity contribution is 7.89. The molecule has 1 saturated heterocycles. The maximum Gasteiger partial charge on any atom is 0.240 e. The number of fused-ring (bicyclic) bond motifs is 1. The molecule has 0 aliphatic carbocycles. The summed E-state index contributed by atoms with van der Waals surface area (Å²) in [7, 11) is -4.17. The molecule has 5 rings (SSSR count). The summed E-state index contributed by atoms with van der Waals surface area (Å²) in [5.74, 6) is -1.65. The number of hydrogen-bond donors (Lipinski definition) is 7. The van der Waals surface area contributed by atoms with E-state index in [9.17, 15) is 28.2 Å². The summed E-state index contributed by atoms with van der Waals surface area (Å²) in [4.78, 5) is 34.8. The quantitative estimate of drug-likeness (QED) is 0.121. The van der Waals surface area contributed by atoms with Gasteiger partial charge in [-0.3, -0.25) is 15.0 Å². The Morgan fingerprint density at radius 3 is 2.40 bits per heavy atom. The maximum atomic E-state index is 13.9. The zero-order valence-corrected chi connectivity index (χ0v) is 24.2. The zero-order chi connectivity index (χ0) is 31.4. The molecule has 4 aromatic rings. The second-order valence-corrected chi connectivity index (χ2v) is 12.6. The number of benzene rings is 3. The number of H-pyrrole nitrogens is 1. The van der Waals surface area contributed by atoms with Crippen LogP contribution in [0.4, 0.5) is 0 Å². The fourth-order valence-corrected chi connectivity index (χ4v) is 5.92. The number of likely N-dealkylation sites (tertiary alicyclic amines) is 1. The van der Waals surface area contributed by atoms with Gasteiger partial charge in [0.15, 0.2) is 0 Å². The van der Waals surface area contributed by atoms with Crippen molar-refractivity contribution in [3.63, 3.8) is 0 Å². The second-order valence-electron chi connectivity index (χ2n) is 11.1. The topological polar surface area (TPSA) is 243 Å². The van der Waals surface area contributed by atoms with Gasteiger partial charge in [-0.25, -0.2) is 18.5 Å². The van der Waals surface area contributed by atoms with Gasteiger partial charge in [-0.05, 0) is 80.8 Å². The number of phenols is 2. The molecule has 224 valence electrons. The van der Waals surface area contributed by atoms with Gasteiger partial charge in [-0.1, -0.05) is 0 Å². The number of nitrogen functional groups attached to an aromatic ring is 1. The number of nitrogens with two attached hydrogens (primary N) is 3. The number of aromatic hydroxyl groups is 2. The standard InChI is InChI=1S/C29H31N7O6S/c1-29(2,28(40)36-9-3-4-22(36)26(32)39)15-11-18(17-13-16(43(33,41)42)6-8-23(17)37)24(38)19(12-15)27-34-20-7-5-14(25(30)31)10-21(20)35-27/h5-8,10-13,22,37-38H,3-4,9H2,1-2H3,(H3,30,31)(H2,32,39)(H,34,35)(H2,33,41,42). The van der Waals surface area contributed by atoms with Gasteiger partial charge in [0.2, 0.25) is 21.8 Å². The van der Waals surface area contributed by atoms with Crippen molar-refractivity contribution in [2.45, 2.75) is 43.0 Å². The third-order valence-electron chi connectivity index (χ3n) is 7.84. The number of aromatic nitrogens is 2. The first kappa shape index (κ1) is 29.5. The van der Waals surface area contributed by atoms with E-state index >= 15 is 0 Å². The Kier molecular flexibility index (Phi) is 7.14. The Morgan fingerprint density at radius 1 is 1.05 bits per heavy atom. The number of phenolic OH excluding ortho intramolecular Hbond substituents is 2. The van der Waals surface area contributed by atoms with E-state index < -0.39 is 27.4 Å². The summed E-state index contributed by atoms with van der Waals surface area (Å²) in [6, 6.07) is 10.6. The van der Waals surface area contributed by atoms with Crippen LogP contribution >= 0.6 is 0 Å². The minimum atomic E-state index is -4.17. The average molecular weight is 606 g/mol. The first-order valence-electron chi connectivity index (χ1n) is 13.3. The monoisotopic (exact) mass is 605 g/mol. The Morgan fingerprint density at radius 2 is 1.74 bits per heavy atom. The normalized spacial score (nSPS) is 15.6. The Labute approximate surface area is 246 Å². The van der Waals surface area contributed by atoms with Crippen molar-refractivity contribution in [1.82, 2.24) is 14.9 Å². The van der Waals surface area contributed by atoms with E-state index in [1.807, 2.05) is 0 Å². The van der Waals surface area contributed by atoms with Crippen molar-refractivity contribution in [1.29, 1.82) is 5.41 Å². The number of hydrogen-bond acceptors (Lipinski definition) is 8. The molecule has 0 saturated carbocycles. The summed E-state index contributed by atoms with van der Waals surface area (Å²) in [6.07, 6.45) is 1.05. The van der Waals surface area contributed by atoms with Gasteiger partial charge in [0.05, 0.1) is 26.9 Å². The third-order valence-corrected chi connectivity index (χ3v) is 8.75. The fourth-order valence-electron chi connectivity index (χ4n) is 5.38. The van der Waals surface area contributed by atoms with Gasteiger partial charge >= 0.3 is 0 Å². The van der Waals surface area contributed by atoms with Gasteiger partial charge in [0, 0.05) is 23.2 Å². The largest absolute Gasteiger partial charge is 0.507 e.